The van der Waals surface area contributed by atoms with Gasteiger partial charge in [0.25, 0.3) is 0 Å². The fourth-order valence-corrected chi connectivity index (χ4v) is 4.83. The second-order valence-electron chi connectivity index (χ2n) is 5.74. The Labute approximate surface area is 140 Å². The quantitative estimate of drug-likeness (QED) is 0.637. The molecule has 0 saturated heterocycles. The maximum atomic E-state index is 5.03. The first kappa shape index (κ1) is 15.9. The molecule has 0 spiro atoms. The van der Waals surface area contributed by atoms with Gasteiger partial charge in [0.05, 0.1) is 5.44 Å². The molecule has 0 N–H and O–H groups in total. The lowest BCUT2D eigenvalue weighted by atomic mass is 10.1. The van der Waals surface area contributed by atoms with E-state index in [1.54, 1.807) is 0 Å². The van der Waals surface area contributed by atoms with E-state index in [4.69, 9.17) is 4.98 Å². The van der Waals surface area contributed by atoms with Gasteiger partial charge in [0, 0.05) is 13.6 Å². The van der Waals surface area contributed by atoms with E-state index in [9.17, 15) is 0 Å². The molecule has 3 aromatic rings. The van der Waals surface area contributed by atoms with E-state index < -0.39 is 7.92 Å². The molecule has 1 atom stereocenters. The first-order valence-corrected chi connectivity index (χ1v) is 9.51. The van der Waals surface area contributed by atoms with Crippen LogP contribution in [-0.4, -0.2) is 4.98 Å². The first-order chi connectivity index (χ1) is 11.3. The van der Waals surface area contributed by atoms with E-state index in [2.05, 4.69) is 92.7 Å². The average Bonchev–Trinajstić information content (AvgIpc) is 2.63. The molecule has 1 aromatic heterocycles. The Kier molecular flexibility index (Phi) is 5.20. The van der Waals surface area contributed by atoms with E-state index in [1.165, 1.54) is 21.7 Å². The lowest BCUT2D eigenvalue weighted by molar-refractivity contribution is 0.710. The highest BCUT2D eigenvalue weighted by Crippen LogP contribution is 2.32. The Morgan fingerprint density at radius 2 is 1.35 bits per heavy atom. The molecule has 116 valence electrons. The van der Waals surface area contributed by atoms with Gasteiger partial charge in [0.2, 0.25) is 0 Å². The Morgan fingerprint density at radius 1 is 0.783 bits per heavy atom. The molecule has 1 nitrogen and oxygen atoms in total. The molecule has 0 aliphatic heterocycles. The number of nitrogens with zero attached hydrogens (tertiary/aromatic N) is 1. The van der Waals surface area contributed by atoms with Crippen LogP contribution in [0.4, 0.5) is 0 Å². The summed E-state index contributed by atoms with van der Waals surface area (Å²) in [6.07, 6.45) is 1.12. The molecule has 2 aromatic carbocycles. The predicted molar refractivity (Wildman–Crippen MR) is 102 cm³/mol. The maximum Gasteiger partial charge on any atom is 0.0724 e. The van der Waals surface area contributed by atoms with Crippen molar-refractivity contribution < 1.29 is 0 Å². The first-order valence-electron chi connectivity index (χ1n) is 8.16. The topological polar surface area (TPSA) is 12.9 Å². The molecule has 1 heterocycles. The average molecular weight is 319 g/mol. The standard InChI is InChI=1S/C21H22NP/c1-3-17(2)20-15-10-16-21(22-20)23(18-11-6-4-7-12-18)19-13-8-5-9-14-19/h4-17H,3H2,1-2H3. The Hall–Kier alpha value is -1.98. The zero-order valence-electron chi connectivity index (χ0n) is 13.7. The number of hydrogen-bond donors (Lipinski definition) is 0. The second-order valence-corrected chi connectivity index (χ2v) is 7.90. The van der Waals surface area contributed by atoms with Crippen molar-refractivity contribution in [3.8, 4) is 0 Å². The molecule has 0 saturated carbocycles. The van der Waals surface area contributed by atoms with Crippen LogP contribution in [0.15, 0.2) is 78.9 Å². The van der Waals surface area contributed by atoms with Crippen molar-refractivity contribution in [2.75, 3.05) is 0 Å². The van der Waals surface area contributed by atoms with Crippen LogP contribution in [0.3, 0.4) is 0 Å². The third-order valence-electron chi connectivity index (χ3n) is 4.13. The molecule has 0 aliphatic carbocycles. The van der Waals surface area contributed by atoms with E-state index in [1.807, 2.05) is 0 Å². The van der Waals surface area contributed by atoms with Gasteiger partial charge in [-0.1, -0.05) is 80.6 Å². The molecule has 0 aliphatic rings. The summed E-state index contributed by atoms with van der Waals surface area (Å²) in [4.78, 5) is 5.03. The molecular formula is C21H22NP. The van der Waals surface area contributed by atoms with Crippen LogP contribution in [0.25, 0.3) is 0 Å². The van der Waals surface area contributed by atoms with Crippen molar-refractivity contribution in [2.45, 2.75) is 26.2 Å². The minimum Gasteiger partial charge on any atom is -0.252 e. The highest BCUT2D eigenvalue weighted by Gasteiger charge is 2.18. The third kappa shape index (κ3) is 3.68. The van der Waals surface area contributed by atoms with Crippen molar-refractivity contribution in [2.24, 2.45) is 0 Å². The molecule has 0 amide bonds. The van der Waals surface area contributed by atoms with E-state index in [0.29, 0.717) is 5.92 Å². The molecular weight excluding hydrogens is 297 g/mol. The minimum atomic E-state index is -0.603. The normalized spacial score (nSPS) is 12.3. The largest absolute Gasteiger partial charge is 0.252 e. The number of hydrogen-bond acceptors (Lipinski definition) is 1. The van der Waals surface area contributed by atoms with Gasteiger partial charge < -0.3 is 0 Å². The van der Waals surface area contributed by atoms with Crippen molar-refractivity contribution >= 4 is 24.0 Å². The summed E-state index contributed by atoms with van der Waals surface area (Å²) in [6, 6.07) is 28.0. The van der Waals surface area contributed by atoms with Gasteiger partial charge in [0.1, 0.15) is 0 Å². The van der Waals surface area contributed by atoms with Gasteiger partial charge >= 0.3 is 0 Å². The third-order valence-corrected chi connectivity index (χ3v) is 6.47. The number of pyridine rings is 1. The summed E-state index contributed by atoms with van der Waals surface area (Å²) < 4.78 is 0. The van der Waals surface area contributed by atoms with E-state index >= 15 is 0 Å². The van der Waals surface area contributed by atoms with Crippen molar-refractivity contribution in [3.05, 3.63) is 84.6 Å². The van der Waals surface area contributed by atoms with Crippen molar-refractivity contribution in [1.82, 2.24) is 4.98 Å². The fourth-order valence-electron chi connectivity index (χ4n) is 2.62. The van der Waals surface area contributed by atoms with E-state index in [0.717, 1.165) is 6.42 Å². The molecule has 0 fully saturated rings. The summed E-state index contributed by atoms with van der Waals surface area (Å²) in [6.45, 7) is 4.47. The molecule has 23 heavy (non-hydrogen) atoms. The summed E-state index contributed by atoms with van der Waals surface area (Å²) in [5.74, 6) is 0.498. The van der Waals surface area contributed by atoms with Crippen LogP contribution in [0.2, 0.25) is 0 Å². The van der Waals surface area contributed by atoms with Gasteiger partial charge in [-0.05, 0) is 35.1 Å². The second kappa shape index (κ2) is 7.53. The van der Waals surface area contributed by atoms with Crippen LogP contribution >= 0.6 is 7.92 Å². The molecule has 0 radical (unpaired) electrons. The van der Waals surface area contributed by atoms with Crippen LogP contribution in [-0.2, 0) is 0 Å². The zero-order chi connectivity index (χ0) is 16.1. The van der Waals surface area contributed by atoms with Crippen LogP contribution in [0.5, 0.6) is 0 Å². The molecule has 3 rings (SSSR count). The van der Waals surface area contributed by atoms with E-state index in [-0.39, 0.29) is 0 Å². The van der Waals surface area contributed by atoms with Gasteiger partial charge in [-0.25, -0.2) is 0 Å². The summed E-state index contributed by atoms with van der Waals surface area (Å²) in [5, 5.41) is 2.70. The SMILES string of the molecule is CCC(C)c1cccc(P(c2ccccc2)c2ccccc2)n1. The van der Waals surface area contributed by atoms with Crippen LogP contribution in [0.1, 0.15) is 31.9 Å². The number of benzene rings is 2. The number of rotatable bonds is 5. The van der Waals surface area contributed by atoms with Gasteiger partial charge in [0.15, 0.2) is 0 Å². The number of aromatic nitrogens is 1. The van der Waals surface area contributed by atoms with Crippen LogP contribution < -0.4 is 16.0 Å². The lowest BCUT2D eigenvalue weighted by Gasteiger charge is -2.19. The summed E-state index contributed by atoms with van der Waals surface area (Å²) >= 11 is 0. The zero-order valence-corrected chi connectivity index (χ0v) is 14.6. The Bertz CT molecular complexity index is 701. The van der Waals surface area contributed by atoms with Crippen molar-refractivity contribution in [3.63, 3.8) is 0 Å². The van der Waals surface area contributed by atoms with Gasteiger partial charge in [-0.2, -0.15) is 0 Å². The fraction of sp³-hybridized carbons (Fsp3) is 0.190. The summed E-state index contributed by atoms with van der Waals surface area (Å²) in [5.41, 5.74) is 2.39. The van der Waals surface area contributed by atoms with Gasteiger partial charge in [-0.3, -0.25) is 4.98 Å². The highest BCUT2D eigenvalue weighted by atomic mass is 31.1. The van der Waals surface area contributed by atoms with Crippen LogP contribution in [0, 0.1) is 0 Å². The summed E-state index contributed by atoms with van der Waals surface area (Å²) in [7, 11) is -0.603. The van der Waals surface area contributed by atoms with Gasteiger partial charge in [-0.15, -0.1) is 0 Å². The highest BCUT2D eigenvalue weighted by molar-refractivity contribution is 7.79. The van der Waals surface area contributed by atoms with Crippen molar-refractivity contribution in [1.29, 1.82) is 0 Å². The Morgan fingerprint density at radius 3 is 1.87 bits per heavy atom. The maximum absolute atomic E-state index is 5.03. The molecule has 0 bridgehead atoms. The smallest absolute Gasteiger partial charge is 0.0724 e. The monoisotopic (exact) mass is 319 g/mol. The molecule has 2 heteroatoms. The Balaban J connectivity index is 2.09. The predicted octanol–water partition coefficient (Wildman–Crippen LogP) is 4.35. The minimum absolute atomic E-state index is 0.498. The molecule has 1 unspecified atom stereocenters. The lowest BCUT2D eigenvalue weighted by Crippen LogP contribution is -2.23.